The van der Waals surface area contributed by atoms with Crippen LogP contribution in [-0.4, -0.2) is 19.2 Å². The number of hydrogen-bond acceptors (Lipinski definition) is 2. The quantitative estimate of drug-likeness (QED) is 0.700. The molecule has 1 aromatic carbocycles. The summed E-state index contributed by atoms with van der Waals surface area (Å²) in [4.78, 5) is 5.25. The zero-order chi connectivity index (χ0) is 11.5. The molecule has 1 aromatic rings. The first-order chi connectivity index (χ1) is 7.20. The highest BCUT2D eigenvalue weighted by Crippen LogP contribution is 2.07. The molecule has 0 unspecified atom stereocenters. The first kappa shape index (κ1) is 14.0. The third kappa shape index (κ3) is 9.29. The van der Waals surface area contributed by atoms with Crippen LogP contribution in [0, 0.1) is 0 Å². The lowest BCUT2D eigenvalue weighted by Crippen LogP contribution is -2.15. The molecule has 0 spiro atoms. The molecule has 15 heavy (non-hydrogen) atoms. The maximum Gasteiger partial charge on any atom is 0.147 e. The molecule has 0 radical (unpaired) electrons. The summed E-state index contributed by atoms with van der Waals surface area (Å²) in [6, 6.07) is 9.68. The third-order valence-electron chi connectivity index (χ3n) is 1.74. The number of unbranched alkanes of at least 4 members (excludes halogenated alkanes) is 2. The summed E-state index contributed by atoms with van der Waals surface area (Å²) in [6.07, 6.45) is 4.08. The van der Waals surface area contributed by atoms with Crippen LogP contribution in [0.4, 0.5) is 0 Å². The van der Waals surface area contributed by atoms with Crippen LogP contribution < -0.4 is 4.84 Å². The summed E-state index contributed by atoms with van der Waals surface area (Å²) in [7, 11) is 3.71. The number of hydroxylamine groups is 2. The molecule has 0 aliphatic carbocycles. The fraction of sp³-hybridized carbons (Fsp3) is 0.538. The maximum atomic E-state index is 5.25. The van der Waals surface area contributed by atoms with E-state index in [1.54, 1.807) is 5.06 Å². The van der Waals surface area contributed by atoms with Crippen LogP contribution in [0.15, 0.2) is 30.3 Å². The predicted octanol–water partition coefficient (Wildman–Crippen LogP) is 3.74. The van der Waals surface area contributed by atoms with Gasteiger partial charge in [0, 0.05) is 14.1 Å². The molecule has 0 atom stereocenters. The van der Waals surface area contributed by atoms with E-state index in [0.717, 1.165) is 5.75 Å². The summed E-state index contributed by atoms with van der Waals surface area (Å²) >= 11 is 0. The van der Waals surface area contributed by atoms with E-state index < -0.39 is 0 Å². The zero-order valence-electron chi connectivity index (χ0n) is 10.4. The first-order valence-electron chi connectivity index (χ1n) is 5.61. The average Bonchev–Trinajstić information content (AvgIpc) is 2.20. The van der Waals surface area contributed by atoms with Crippen molar-refractivity contribution in [1.29, 1.82) is 0 Å². The molecule has 1 rings (SSSR count). The van der Waals surface area contributed by atoms with Crippen LogP contribution >= 0.6 is 0 Å². The Hall–Kier alpha value is -1.02. The smallest absolute Gasteiger partial charge is 0.147 e. The van der Waals surface area contributed by atoms with E-state index in [-0.39, 0.29) is 0 Å². The third-order valence-corrected chi connectivity index (χ3v) is 1.74. The van der Waals surface area contributed by atoms with Crippen LogP contribution in [0.1, 0.15) is 33.1 Å². The molecule has 0 bridgehead atoms. The zero-order valence-corrected chi connectivity index (χ0v) is 10.4. The van der Waals surface area contributed by atoms with Crippen LogP contribution in [0.2, 0.25) is 0 Å². The summed E-state index contributed by atoms with van der Waals surface area (Å²) in [5.41, 5.74) is 0. The molecule has 0 heterocycles. The minimum Gasteiger partial charge on any atom is -0.407 e. The van der Waals surface area contributed by atoms with Gasteiger partial charge in [0.15, 0.2) is 0 Å². The Balaban J connectivity index is 0.000000336. The molecule has 0 aromatic heterocycles. The van der Waals surface area contributed by atoms with E-state index in [1.165, 1.54) is 19.3 Å². The van der Waals surface area contributed by atoms with Crippen molar-refractivity contribution >= 4 is 0 Å². The number of nitrogens with zero attached hydrogens (tertiary/aromatic N) is 1. The summed E-state index contributed by atoms with van der Waals surface area (Å²) < 4.78 is 0. The lowest BCUT2D eigenvalue weighted by Gasteiger charge is -2.10. The normalized spacial score (nSPS) is 9.40. The minimum absolute atomic E-state index is 0.868. The number of benzene rings is 1. The van der Waals surface area contributed by atoms with Gasteiger partial charge >= 0.3 is 0 Å². The van der Waals surface area contributed by atoms with Gasteiger partial charge in [-0.2, -0.15) is 5.06 Å². The Bertz CT molecular complexity index is 219. The van der Waals surface area contributed by atoms with Crippen molar-refractivity contribution in [2.45, 2.75) is 33.1 Å². The van der Waals surface area contributed by atoms with Crippen LogP contribution in [0.3, 0.4) is 0 Å². The van der Waals surface area contributed by atoms with E-state index in [4.69, 9.17) is 4.84 Å². The van der Waals surface area contributed by atoms with Crippen LogP contribution in [-0.2, 0) is 0 Å². The molecular weight excluding hydrogens is 186 g/mol. The van der Waals surface area contributed by atoms with Crippen molar-refractivity contribution in [2.24, 2.45) is 0 Å². The highest BCUT2D eigenvalue weighted by Gasteiger charge is 1.90. The van der Waals surface area contributed by atoms with Gasteiger partial charge in [0.25, 0.3) is 0 Å². The average molecular weight is 209 g/mol. The molecule has 2 nitrogen and oxygen atoms in total. The lowest BCUT2D eigenvalue weighted by atomic mass is 10.3. The molecule has 0 saturated heterocycles. The number of hydrogen-bond donors (Lipinski definition) is 0. The fourth-order valence-corrected chi connectivity index (χ4v) is 1.05. The lowest BCUT2D eigenvalue weighted by molar-refractivity contribution is -0.00325. The Morgan fingerprint density at radius 2 is 1.53 bits per heavy atom. The maximum absolute atomic E-state index is 5.25. The minimum atomic E-state index is 0.868. The van der Waals surface area contributed by atoms with Gasteiger partial charge in [0.05, 0.1) is 0 Å². The van der Waals surface area contributed by atoms with Crippen molar-refractivity contribution in [2.75, 3.05) is 14.1 Å². The van der Waals surface area contributed by atoms with Gasteiger partial charge in [-0.1, -0.05) is 51.3 Å². The highest BCUT2D eigenvalue weighted by atomic mass is 16.7. The number of para-hydroxylation sites is 1. The molecule has 0 fully saturated rings. The van der Waals surface area contributed by atoms with Crippen molar-refractivity contribution in [3.63, 3.8) is 0 Å². The van der Waals surface area contributed by atoms with Crippen molar-refractivity contribution in [3.05, 3.63) is 30.3 Å². The molecule has 0 aliphatic rings. The second-order valence-corrected chi connectivity index (χ2v) is 3.57. The highest BCUT2D eigenvalue weighted by molar-refractivity contribution is 5.20. The van der Waals surface area contributed by atoms with Crippen molar-refractivity contribution in [1.82, 2.24) is 5.06 Å². The molecule has 0 N–H and O–H groups in total. The molecular formula is C13H23NO. The summed E-state index contributed by atoms with van der Waals surface area (Å²) in [6.45, 7) is 4.42. The predicted molar refractivity (Wildman–Crippen MR) is 66.0 cm³/mol. The second-order valence-electron chi connectivity index (χ2n) is 3.57. The Morgan fingerprint density at radius 1 is 1.00 bits per heavy atom. The van der Waals surface area contributed by atoms with Gasteiger partial charge in [-0.25, -0.2) is 0 Å². The Kier molecular flexibility index (Phi) is 8.88. The summed E-state index contributed by atoms with van der Waals surface area (Å²) in [5.74, 6) is 0.868. The SMILES string of the molecule is CCCCC.CN(C)Oc1ccccc1. The van der Waals surface area contributed by atoms with Crippen LogP contribution in [0.5, 0.6) is 5.75 Å². The van der Waals surface area contributed by atoms with Crippen molar-refractivity contribution in [3.8, 4) is 5.75 Å². The Morgan fingerprint density at radius 3 is 1.87 bits per heavy atom. The number of rotatable bonds is 4. The second kappa shape index (κ2) is 9.53. The van der Waals surface area contributed by atoms with E-state index in [0.29, 0.717) is 0 Å². The van der Waals surface area contributed by atoms with Gasteiger partial charge in [0.1, 0.15) is 5.75 Å². The molecule has 0 aliphatic heterocycles. The van der Waals surface area contributed by atoms with Gasteiger partial charge < -0.3 is 4.84 Å². The van der Waals surface area contributed by atoms with Crippen LogP contribution in [0.25, 0.3) is 0 Å². The van der Waals surface area contributed by atoms with Crippen molar-refractivity contribution < 1.29 is 4.84 Å². The molecule has 0 saturated carbocycles. The van der Waals surface area contributed by atoms with Gasteiger partial charge in [-0.15, -0.1) is 0 Å². The molecule has 0 amide bonds. The van der Waals surface area contributed by atoms with Gasteiger partial charge in [0.2, 0.25) is 0 Å². The Labute approximate surface area is 93.8 Å². The van der Waals surface area contributed by atoms with E-state index in [9.17, 15) is 0 Å². The van der Waals surface area contributed by atoms with Gasteiger partial charge in [-0.3, -0.25) is 0 Å². The molecule has 86 valence electrons. The van der Waals surface area contributed by atoms with E-state index >= 15 is 0 Å². The first-order valence-corrected chi connectivity index (χ1v) is 5.61. The topological polar surface area (TPSA) is 12.5 Å². The van der Waals surface area contributed by atoms with E-state index in [1.807, 2.05) is 44.4 Å². The fourth-order valence-electron chi connectivity index (χ4n) is 1.05. The standard InChI is InChI=1S/C8H11NO.C5H12/c1-9(2)10-8-6-4-3-5-7-8;1-3-5-4-2/h3-7H,1-2H3;3-5H2,1-2H3. The molecule has 2 heteroatoms. The van der Waals surface area contributed by atoms with Gasteiger partial charge in [-0.05, 0) is 12.1 Å². The largest absolute Gasteiger partial charge is 0.407 e. The summed E-state index contributed by atoms with van der Waals surface area (Å²) in [5, 5.41) is 1.66. The van der Waals surface area contributed by atoms with E-state index in [2.05, 4.69) is 13.8 Å². The monoisotopic (exact) mass is 209 g/mol.